The average Bonchev–Trinajstić information content (AvgIpc) is 2.73. The van der Waals surface area contributed by atoms with Crippen LogP contribution >= 0.6 is 0 Å². The lowest BCUT2D eigenvalue weighted by atomic mass is 10.1. The van der Waals surface area contributed by atoms with Crippen LogP contribution in [0.25, 0.3) is 11.0 Å². The summed E-state index contributed by atoms with van der Waals surface area (Å²) in [7, 11) is 0. The highest BCUT2D eigenvalue weighted by molar-refractivity contribution is 6.03. The van der Waals surface area contributed by atoms with Crippen LogP contribution in [0.4, 0.5) is 5.69 Å². The first-order valence-corrected chi connectivity index (χ1v) is 6.18. The Kier molecular flexibility index (Phi) is 2.53. The molecule has 2 aromatic rings. The minimum atomic E-state index is -0.948. The summed E-state index contributed by atoms with van der Waals surface area (Å²) in [5.74, 6) is -2.47. The van der Waals surface area contributed by atoms with Crippen LogP contribution in [0.1, 0.15) is 13.8 Å². The molecule has 104 valence electrons. The molecule has 1 aromatic heterocycles. The number of hydrogen-bond acceptors (Lipinski definition) is 5. The quantitative estimate of drug-likeness (QED) is 0.879. The molecule has 7 nitrogen and oxygen atoms in total. The Balaban J connectivity index is 1.84. The molecule has 20 heavy (non-hydrogen) atoms. The maximum absolute atomic E-state index is 12.2. The molecule has 1 amide bonds. The maximum Gasteiger partial charge on any atom is 0.307 e. The van der Waals surface area contributed by atoms with Gasteiger partial charge in [0.1, 0.15) is 5.52 Å². The van der Waals surface area contributed by atoms with E-state index in [0.29, 0.717) is 16.7 Å². The molecule has 0 radical (unpaired) electrons. The number of rotatable bonds is 3. The minimum Gasteiger partial charge on any atom is -0.481 e. The molecule has 7 heteroatoms. The van der Waals surface area contributed by atoms with Crippen LogP contribution in [0.2, 0.25) is 0 Å². The second-order valence-electron chi connectivity index (χ2n) is 5.54. The van der Waals surface area contributed by atoms with E-state index >= 15 is 0 Å². The number of carbonyl (C=O) groups is 2. The number of nitrogens with zero attached hydrogens (tertiary/aromatic N) is 2. The van der Waals surface area contributed by atoms with Crippen molar-refractivity contribution < 1.29 is 19.3 Å². The topological polar surface area (TPSA) is 105 Å². The lowest BCUT2D eigenvalue weighted by molar-refractivity contribution is -0.140. The Bertz CT molecular complexity index is 706. The predicted molar refractivity (Wildman–Crippen MR) is 68.8 cm³/mol. The molecule has 1 aliphatic rings. The largest absolute Gasteiger partial charge is 0.481 e. The first kappa shape index (κ1) is 12.6. The Morgan fingerprint density at radius 2 is 2.05 bits per heavy atom. The SMILES string of the molecule is CC1(C)[C@H](C(=O)O)[C@@H]1C(=O)Nc1cccc2nonc12. The fourth-order valence-electron chi connectivity index (χ4n) is 2.71. The van der Waals surface area contributed by atoms with E-state index in [1.54, 1.807) is 32.0 Å². The van der Waals surface area contributed by atoms with Gasteiger partial charge in [0.2, 0.25) is 5.91 Å². The predicted octanol–water partition coefficient (Wildman–Crippen LogP) is 1.52. The van der Waals surface area contributed by atoms with Crippen molar-refractivity contribution >= 4 is 28.6 Å². The van der Waals surface area contributed by atoms with Gasteiger partial charge in [-0.15, -0.1) is 0 Å². The van der Waals surface area contributed by atoms with Gasteiger partial charge in [-0.1, -0.05) is 19.9 Å². The Morgan fingerprint density at radius 3 is 2.70 bits per heavy atom. The third kappa shape index (κ3) is 1.74. The number of anilines is 1. The summed E-state index contributed by atoms with van der Waals surface area (Å²) >= 11 is 0. The molecule has 2 atom stereocenters. The summed E-state index contributed by atoms with van der Waals surface area (Å²) in [6, 6.07) is 5.10. The van der Waals surface area contributed by atoms with E-state index in [2.05, 4.69) is 20.3 Å². The van der Waals surface area contributed by atoms with Gasteiger partial charge < -0.3 is 10.4 Å². The van der Waals surface area contributed by atoms with E-state index < -0.39 is 23.2 Å². The lowest BCUT2D eigenvalue weighted by Gasteiger charge is -2.05. The fraction of sp³-hybridized carbons (Fsp3) is 0.385. The van der Waals surface area contributed by atoms with Gasteiger partial charge in [0, 0.05) is 0 Å². The third-order valence-corrected chi connectivity index (χ3v) is 3.92. The van der Waals surface area contributed by atoms with E-state index in [0.717, 1.165) is 0 Å². The van der Waals surface area contributed by atoms with Crippen LogP contribution in [0.3, 0.4) is 0 Å². The van der Waals surface area contributed by atoms with Crippen LogP contribution in [0.5, 0.6) is 0 Å². The summed E-state index contributed by atoms with van der Waals surface area (Å²) in [5.41, 5.74) is 0.922. The molecule has 2 N–H and O–H groups in total. The molecule has 0 saturated heterocycles. The number of amides is 1. The van der Waals surface area contributed by atoms with Gasteiger partial charge in [-0.05, 0) is 27.9 Å². The van der Waals surface area contributed by atoms with Gasteiger partial charge in [0.25, 0.3) is 0 Å². The van der Waals surface area contributed by atoms with Gasteiger partial charge in [-0.3, -0.25) is 9.59 Å². The van der Waals surface area contributed by atoms with Crippen molar-refractivity contribution in [2.75, 3.05) is 5.32 Å². The van der Waals surface area contributed by atoms with E-state index in [1.165, 1.54) is 0 Å². The van der Waals surface area contributed by atoms with Gasteiger partial charge >= 0.3 is 5.97 Å². The summed E-state index contributed by atoms with van der Waals surface area (Å²) in [6.45, 7) is 3.54. The highest BCUT2D eigenvalue weighted by Crippen LogP contribution is 2.58. The van der Waals surface area contributed by atoms with E-state index in [9.17, 15) is 9.59 Å². The number of fused-ring (bicyclic) bond motifs is 1. The summed E-state index contributed by atoms with van der Waals surface area (Å²) in [4.78, 5) is 23.3. The second-order valence-corrected chi connectivity index (χ2v) is 5.54. The lowest BCUT2D eigenvalue weighted by Crippen LogP contribution is -2.17. The van der Waals surface area contributed by atoms with Gasteiger partial charge in [-0.25, -0.2) is 4.63 Å². The van der Waals surface area contributed by atoms with Gasteiger partial charge in [0.15, 0.2) is 5.52 Å². The Morgan fingerprint density at radius 1 is 1.30 bits per heavy atom. The summed E-state index contributed by atoms with van der Waals surface area (Å²) in [5, 5.41) is 19.2. The van der Waals surface area contributed by atoms with E-state index in [4.69, 9.17) is 5.11 Å². The van der Waals surface area contributed by atoms with Crippen LogP contribution in [0.15, 0.2) is 22.8 Å². The first-order valence-electron chi connectivity index (χ1n) is 6.18. The number of hydrogen-bond donors (Lipinski definition) is 2. The third-order valence-electron chi connectivity index (χ3n) is 3.92. The summed E-state index contributed by atoms with van der Waals surface area (Å²) in [6.07, 6.45) is 0. The number of nitrogens with one attached hydrogen (secondary N) is 1. The zero-order chi connectivity index (χ0) is 14.5. The zero-order valence-corrected chi connectivity index (χ0v) is 11.0. The molecule has 1 saturated carbocycles. The Hall–Kier alpha value is -2.44. The van der Waals surface area contributed by atoms with E-state index in [1.807, 2.05) is 0 Å². The van der Waals surface area contributed by atoms with Crippen molar-refractivity contribution in [1.82, 2.24) is 10.3 Å². The highest BCUT2D eigenvalue weighted by Gasteiger charge is 2.65. The molecular weight excluding hydrogens is 262 g/mol. The normalized spacial score (nSPS) is 23.5. The highest BCUT2D eigenvalue weighted by atomic mass is 16.6. The second kappa shape index (κ2) is 4.03. The van der Waals surface area contributed by atoms with Crippen molar-refractivity contribution in [2.45, 2.75) is 13.8 Å². The molecule has 0 bridgehead atoms. The number of benzene rings is 1. The van der Waals surface area contributed by atoms with Crippen LogP contribution < -0.4 is 5.32 Å². The first-order chi connectivity index (χ1) is 9.43. The molecule has 1 aromatic carbocycles. The molecular formula is C13H13N3O4. The minimum absolute atomic E-state index is 0.321. The number of carbonyl (C=O) groups excluding carboxylic acids is 1. The average molecular weight is 275 g/mol. The number of aromatic nitrogens is 2. The molecule has 1 fully saturated rings. The molecule has 1 heterocycles. The standard InChI is InChI=1S/C13H13N3O4/c1-13(2)8(9(13)12(18)19)11(17)14-6-4-3-5-7-10(6)16-20-15-7/h3-5,8-9H,1-2H3,(H,14,17)(H,18,19)/t8-,9+/m1/s1. The summed E-state index contributed by atoms with van der Waals surface area (Å²) < 4.78 is 4.62. The van der Waals surface area contributed by atoms with Gasteiger partial charge in [0.05, 0.1) is 17.5 Å². The number of carboxylic acids is 1. The van der Waals surface area contributed by atoms with Crippen molar-refractivity contribution in [2.24, 2.45) is 17.3 Å². The van der Waals surface area contributed by atoms with Gasteiger partial charge in [-0.2, -0.15) is 0 Å². The maximum atomic E-state index is 12.2. The fourth-order valence-corrected chi connectivity index (χ4v) is 2.71. The van der Waals surface area contributed by atoms with Crippen LogP contribution in [-0.4, -0.2) is 27.3 Å². The van der Waals surface area contributed by atoms with Crippen LogP contribution in [0, 0.1) is 17.3 Å². The van der Waals surface area contributed by atoms with Crippen molar-refractivity contribution in [3.8, 4) is 0 Å². The number of aliphatic carboxylic acids is 1. The smallest absolute Gasteiger partial charge is 0.307 e. The zero-order valence-electron chi connectivity index (χ0n) is 11.0. The van der Waals surface area contributed by atoms with Crippen molar-refractivity contribution in [3.63, 3.8) is 0 Å². The molecule has 1 aliphatic carbocycles. The monoisotopic (exact) mass is 275 g/mol. The molecule has 0 spiro atoms. The molecule has 3 rings (SSSR count). The van der Waals surface area contributed by atoms with Crippen LogP contribution in [-0.2, 0) is 9.59 Å². The van der Waals surface area contributed by atoms with Crippen molar-refractivity contribution in [1.29, 1.82) is 0 Å². The van der Waals surface area contributed by atoms with E-state index in [-0.39, 0.29) is 5.91 Å². The number of carboxylic acid groups (broad SMARTS) is 1. The molecule has 0 aliphatic heterocycles. The Labute approximate surface area is 113 Å². The molecule has 0 unspecified atom stereocenters. The van der Waals surface area contributed by atoms with Crippen molar-refractivity contribution in [3.05, 3.63) is 18.2 Å².